The summed E-state index contributed by atoms with van der Waals surface area (Å²) in [6.07, 6.45) is 0. The van der Waals surface area contributed by atoms with Crippen LogP contribution < -0.4 is 0 Å². The smallest absolute Gasteiger partial charge is 0.169 e. The lowest BCUT2D eigenvalue weighted by atomic mass is 9.86. The number of hydrogen-bond donors (Lipinski definition) is 0. The Bertz CT molecular complexity index is 350. The predicted octanol–water partition coefficient (Wildman–Crippen LogP) is 4.03. The van der Waals surface area contributed by atoms with E-state index in [2.05, 4.69) is 6.92 Å². The Hall–Kier alpha value is -0.760. The number of carbonyl (C=O) groups is 1. The molecule has 0 unspecified atom stereocenters. The summed E-state index contributed by atoms with van der Waals surface area (Å²) in [5, 5.41) is 0. The minimum atomic E-state index is -0.301. The molecule has 0 fully saturated rings. The number of thioether (sulfide) groups is 1. The SMILES string of the molecule is CCSc1ccccc1C(=O)C(C)(C)C. The van der Waals surface area contributed by atoms with Crippen molar-refractivity contribution in [1.29, 1.82) is 0 Å². The normalized spacial score (nSPS) is 11.5. The topological polar surface area (TPSA) is 17.1 Å². The maximum absolute atomic E-state index is 12.1. The zero-order valence-corrected chi connectivity index (χ0v) is 10.6. The lowest BCUT2D eigenvalue weighted by Gasteiger charge is -2.18. The van der Waals surface area contributed by atoms with Gasteiger partial charge in [-0.2, -0.15) is 0 Å². The molecule has 1 nitrogen and oxygen atoms in total. The van der Waals surface area contributed by atoms with E-state index in [-0.39, 0.29) is 11.2 Å². The lowest BCUT2D eigenvalue weighted by Crippen LogP contribution is -2.20. The maximum Gasteiger partial charge on any atom is 0.169 e. The Morgan fingerprint density at radius 3 is 2.40 bits per heavy atom. The monoisotopic (exact) mass is 222 g/mol. The molecule has 0 atom stereocenters. The quantitative estimate of drug-likeness (QED) is 0.567. The molecule has 15 heavy (non-hydrogen) atoms. The summed E-state index contributed by atoms with van der Waals surface area (Å²) in [7, 11) is 0. The van der Waals surface area contributed by atoms with Gasteiger partial charge in [0, 0.05) is 15.9 Å². The van der Waals surface area contributed by atoms with Gasteiger partial charge in [0.25, 0.3) is 0 Å². The van der Waals surface area contributed by atoms with E-state index < -0.39 is 0 Å². The van der Waals surface area contributed by atoms with Gasteiger partial charge in [0.05, 0.1) is 0 Å². The van der Waals surface area contributed by atoms with Crippen LogP contribution in [0.2, 0.25) is 0 Å². The van der Waals surface area contributed by atoms with E-state index in [0.717, 1.165) is 16.2 Å². The van der Waals surface area contributed by atoms with Crippen molar-refractivity contribution in [2.75, 3.05) is 5.75 Å². The Morgan fingerprint density at radius 2 is 1.87 bits per heavy atom. The van der Waals surface area contributed by atoms with Crippen LogP contribution in [-0.4, -0.2) is 11.5 Å². The van der Waals surface area contributed by atoms with Crippen molar-refractivity contribution in [3.05, 3.63) is 29.8 Å². The van der Waals surface area contributed by atoms with E-state index in [0.29, 0.717) is 0 Å². The van der Waals surface area contributed by atoms with E-state index in [9.17, 15) is 4.79 Å². The van der Waals surface area contributed by atoms with E-state index in [1.165, 1.54) is 0 Å². The first-order valence-corrected chi connectivity index (χ1v) is 6.22. The first-order valence-electron chi connectivity index (χ1n) is 5.23. The summed E-state index contributed by atoms with van der Waals surface area (Å²) in [5.41, 5.74) is 0.557. The summed E-state index contributed by atoms with van der Waals surface area (Å²) < 4.78 is 0. The number of ketones is 1. The van der Waals surface area contributed by atoms with Crippen LogP contribution in [-0.2, 0) is 0 Å². The molecular weight excluding hydrogens is 204 g/mol. The minimum absolute atomic E-state index is 0.221. The van der Waals surface area contributed by atoms with Crippen LogP contribution in [0.1, 0.15) is 38.1 Å². The second-order valence-corrected chi connectivity index (χ2v) is 5.81. The standard InChI is InChI=1S/C13H18OS/c1-5-15-11-9-7-6-8-10(11)12(14)13(2,3)4/h6-9H,5H2,1-4H3. The molecule has 0 amide bonds. The van der Waals surface area contributed by atoms with Gasteiger partial charge in [-0.1, -0.05) is 45.9 Å². The van der Waals surface area contributed by atoms with Gasteiger partial charge in [-0.15, -0.1) is 11.8 Å². The first kappa shape index (κ1) is 12.3. The largest absolute Gasteiger partial charge is 0.294 e. The van der Waals surface area contributed by atoms with E-state index in [1.807, 2.05) is 45.0 Å². The third kappa shape index (κ3) is 3.10. The molecule has 0 aromatic heterocycles. The van der Waals surface area contributed by atoms with Crippen LogP contribution in [0.15, 0.2) is 29.2 Å². The van der Waals surface area contributed by atoms with Crippen LogP contribution in [0.3, 0.4) is 0 Å². The Morgan fingerprint density at radius 1 is 1.27 bits per heavy atom. The van der Waals surface area contributed by atoms with Crippen LogP contribution in [0.25, 0.3) is 0 Å². The molecule has 2 heteroatoms. The molecule has 0 saturated heterocycles. The molecule has 0 spiro atoms. The van der Waals surface area contributed by atoms with Crippen molar-refractivity contribution in [2.24, 2.45) is 5.41 Å². The van der Waals surface area contributed by atoms with Crippen molar-refractivity contribution in [3.8, 4) is 0 Å². The molecule has 0 aliphatic carbocycles. The zero-order valence-electron chi connectivity index (χ0n) is 9.83. The van der Waals surface area contributed by atoms with Gasteiger partial charge in [0.1, 0.15) is 0 Å². The van der Waals surface area contributed by atoms with Gasteiger partial charge < -0.3 is 0 Å². The molecule has 0 N–H and O–H groups in total. The molecule has 0 heterocycles. The second kappa shape index (κ2) is 4.84. The number of carbonyl (C=O) groups excluding carboxylic acids is 1. The molecule has 0 aliphatic heterocycles. The van der Waals surface area contributed by atoms with Crippen molar-refractivity contribution in [2.45, 2.75) is 32.6 Å². The van der Waals surface area contributed by atoms with E-state index >= 15 is 0 Å². The molecule has 82 valence electrons. The van der Waals surface area contributed by atoms with Gasteiger partial charge in [0.2, 0.25) is 0 Å². The number of rotatable bonds is 3. The Balaban J connectivity index is 3.08. The summed E-state index contributed by atoms with van der Waals surface area (Å²) >= 11 is 1.73. The van der Waals surface area contributed by atoms with E-state index in [1.54, 1.807) is 11.8 Å². The Labute approximate surface area is 96.3 Å². The highest BCUT2D eigenvalue weighted by molar-refractivity contribution is 7.99. The molecule has 0 aliphatic rings. The predicted molar refractivity (Wildman–Crippen MR) is 66.6 cm³/mol. The lowest BCUT2D eigenvalue weighted by molar-refractivity contribution is 0.0855. The first-order chi connectivity index (χ1) is 6.96. The molecule has 0 bridgehead atoms. The van der Waals surface area contributed by atoms with Gasteiger partial charge in [-0.25, -0.2) is 0 Å². The van der Waals surface area contributed by atoms with Gasteiger partial charge in [-0.3, -0.25) is 4.79 Å². The molecule has 1 aromatic carbocycles. The van der Waals surface area contributed by atoms with Gasteiger partial charge in [0.15, 0.2) is 5.78 Å². The van der Waals surface area contributed by atoms with E-state index in [4.69, 9.17) is 0 Å². The number of hydrogen-bond acceptors (Lipinski definition) is 2. The van der Waals surface area contributed by atoms with Crippen molar-refractivity contribution >= 4 is 17.5 Å². The van der Waals surface area contributed by atoms with Crippen molar-refractivity contribution < 1.29 is 4.79 Å². The van der Waals surface area contributed by atoms with Gasteiger partial charge in [-0.05, 0) is 11.8 Å². The molecule has 0 radical (unpaired) electrons. The van der Waals surface area contributed by atoms with Crippen LogP contribution in [0.4, 0.5) is 0 Å². The highest BCUT2D eigenvalue weighted by Crippen LogP contribution is 2.28. The minimum Gasteiger partial charge on any atom is -0.294 e. The highest BCUT2D eigenvalue weighted by Gasteiger charge is 2.24. The van der Waals surface area contributed by atoms with Crippen LogP contribution in [0, 0.1) is 5.41 Å². The fourth-order valence-electron chi connectivity index (χ4n) is 1.34. The highest BCUT2D eigenvalue weighted by atomic mass is 32.2. The number of Topliss-reactive ketones (excluding diaryl/α,β-unsaturated/α-hetero) is 1. The van der Waals surface area contributed by atoms with Crippen molar-refractivity contribution in [1.82, 2.24) is 0 Å². The second-order valence-electron chi connectivity index (χ2n) is 4.51. The van der Waals surface area contributed by atoms with Gasteiger partial charge >= 0.3 is 0 Å². The maximum atomic E-state index is 12.1. The average Bonchev–Trinajstić information content (AvgIpc) is 2.17. The fraction of sp³-hybridized carbons (Fsp3) is 0.462. The third-order valence-corrected chi connectivity index (χ3v) is 3.07. The summed E-state index contributed by atoms with van der Waals surface area (Å²) in [6.45, 7) is 7.98. The Kier molecular flexibility index (Phi) is 3.97. The molecule has 0 saturated carbocycles. The molecule has 1 aromatic rings. The number of benzene rings is 1. The summed E-state index contributed by atoms with van der Waals surface area (Å²) in [5.74, 6) is 1.22. The summed E-state index contributed by atoms with van der Waals surface area (Å²) in [4.78, 5) is 13.2. The third-order valence-electron chi connectivity index (χ3n) is 2.11. The fourth-order valence-corrected chi connectivity index (χ4v) is 2.14. The summed E-state index contributed by atoms with van der Waals surface area (Å²) in [6, 6.07) is 7.86. The average molecular weight is 222 g/mol. The molecule has 1 rings (SSSR count). The van der Waals surface area contributed by atoms with Crippen LogP contribution in [0.5, 0.6) is 0 Å². The zero-order chi connectivity index (χ0) is 11.5. The van der Waals surface area contributed by atoms with Crippen molar-refractivity contribution in [3.63, 3.8) is 0 Å². The van der Waals surface area contributed by atoms with Crippen LogP contribution >= 0.6 is 11.8 Å². The molecular formula is C13H18OS.